The van der Waals surface area contributed by atoms with Gasteiger partial charge in [0, 0.05) is 11.6 Å². The van der Waals surface area contributed by atoms with E-state index in [1.54, 1.807) is 12.1 Å². The molecule has 0 saturated heterocycles. The fraction of sp³-hybridized carbons (Fsp3) is 0.200. The molecule has 0 heterocycles. The summed E-state index contributed by atoms with van der Waals surface area (Å²) in [7, 11) is 1.47. The number of aryl methyl sites for hydroxylation is 1. The summed E-state index contributed by atoms with van der Waals surface area (Å²) < 4.78 is 46.3. The van der Waals surface area contributed by atoms with E-state index in [0.717, 1.165) is 23.8 Å². The summed E-state index contributed by atoms with van der Waals surface area (Å²) in [6.45, 7) is 1.52. The van der Waals surface area contributed by atoms with E-state index in [2.05, 4.69) is 15.4 Å². The summed E-state index contributed by atoms with van der Waals surface area (Å²) in [4.78, 5) is 23.9. The number of benzene rings is 2. The highest BCUT2D eigenvalue weighted by atomic mass is 19.4. The second-order valence-corrected chi connectivity index (χ2v) is 5.89. The zero-order valence-electron chi connectivity index (χ0n) is 15.7. The number of carbonyl (C=O) groups is 2. The number of halogens is 3. The number of rotatable bonds is 7. The van der Waals surface area contributed by atoms with Crippen molar-refractivity contribution in [1.29, 1.82) is 0 Å². The van der Waals surface area contributed by atoms with Crippen LogP contribution in [0.1, 0.15) is 11.1 Å². The number of alkyl halides is 3. The third-order valence-corrected chi connectivity index (χ3v) is 3.61. The highest BCUT2D eigenvalue weighted by molar-refractivity contribution is 5.98. The van der Waals surface area contributed by atoms with Gasteiger partial charge >= 0.3 is 6.36 Å². The average Bonchev–Trinajstić information content (AvgIpc) is 2.64. The van der Waals surface area contributed by atoms with Crippen LogP contribution in [0.25, 0.3) is 6.08 Å². The third-order valence-electron chi connectivity index (χ3n) is 3.61. The van der Waals surface area contributed by atoms with Crippen LogP contribution < -0.4 is 20.1 Å². The van der Waals surface area contributed by atoms with Crippen molar-refractivity contribution in [2.24, 2.45) is 0 Å². The number of carbonyl (C=O) groups excluding carboxylic acids is 2. The van der Waals surface area contributed by atoms with Crippen LogP contribution in [0.3, 0.4) is 0 Å². The second kappa shape index (κ2) is 9.63. The molecule has 0 fully saturated rings. The summed E-state index contributed by atoms with van der Waals surface area (Å²) in [6, 6.07) is 10.6. The van der Waals surface area contributed by atoms with E-state index in [1.807, 2.05) is 13.0 Å². The molecule has 0 spiro atoms. The number of anilines is 1. The predicted octanol–water partition coefficient (Wildman–Crippen LogP) is 3.67. The number of hydrogen-bond acceptors (Lipinski definition) is 4. The lowest BCUT2D eigenvalue weighted by Gasteiger charge is -2.11. The van der Waals surface area contributed by atoms with E-state index in [1.165, 1.54) is 25.3 Å². The lowest BCUT2D eigenvalue weighted by atomic mass is 10.2. The van der Waals surface area contributed by atoms with Crippen molar-refractivity contribution in [3.8, 4) is 11.5 Å². The lowest BCUT2D eigenvalue weighted by Crippen LogP contribution is -2.31. The molecule has 29 heavy (non-hydrogen) atoms. The predicted molar refractivity (Wildman–Crippen MR) is 102 cm³/mol. The molecule has 0 aliphatic heterocycles. The number of amides is 2. The maximum absolute atomic E-state index is 12.4. The van der Waals surface area contributed by atoms with Crippen molar-refractivity contribution >= 4 is 23.6 Å². The van der Waals surface area contributed by atoms with Crippen molar-refractivity contribution in [3.63, 3.8) is 0 Å². The van der Waals surface area contributed by atoms with Gasteiger partial charge in [0.2, 0.25) is 11.8 Å². The fourth-order valence-corrected chi connectivity index (χ4v) is 2.34. The molecule has 0 aliphatic carbocycles. The van der Waals surface area contributed by atoms with E-state index < -0.39 is 23.9 Å². The zero-order chi connectivity index (χ0) is 21.4. The van der Waals surface area contributed by atoms with Gasteiger partial charge in [-0.2, -0.15) is 0 Å². The molecule has 2 aromatic carbocycles. The fourth-order valence-electron chi connectivity index (χ4n) is 2.34. The monoisotopic (exact) mass is 408 g/mol. The van der Waals surface area contributed by atoms with Crippen LogP contribution in [0.4, 0.5) is 18.9 Å². The molecule has 0 aliphatic rings. The van der Waals surface area contributed by atoms with Crippen LogP contribution in [0, 0.1) is 6.92 Å². The largest absolute Gasteiger partial charge is 0.573 e. The maximum atomic E-state index is 12.4. The van der Waals surface area contributed by atoms with Gasteiger partial charge in [-0.3, -0.25) is 9.59 Å². The summed E-state index contributed by atoms with van der Waals surface area (Å²) in [5.74, 6) is -1.11. The van der Waals surface area contributed by atoms with Gasteiger partial charge in [0.05, 0.1) is 19.3 Å². The molecule has 2 rings (SSSR count). The molecular formula is C20H19F3N2O4. The Kier molecular flexibility index (Phi) is 7.24. The van der Waals surface area contributed by atoms with E-state index in [9.17, 15) is 22.8 Å². The molecule has 6 nitrogen and oxygen atoms in total. The molecule has 9 heteroatoms. The van der Waals surface area contributed by atoms with Crippen LogP contribution in [0.2, 0.25) is 0 Å². The lowest BCUT2D eigenvalue weighted by molar-refractivity contribution is -0.274. The zero-order valence-corrected chi connectivity index (χ0v) is 15.7. The van der Waals surface area contributed by atoms with Gasteiger partial charge in [-0.1, -0.05) is 24.3 Å². The van der Waals surface area contributed by atoms with Crippen molar-refractivity contribution < 1.29 is 32.2 Å². The number of methoxy groups -OCH3 is 1. The first-order valence-electron chi connectivity index (χ1n) is 8.43. The van der Waals surface area contributed by atoms with Crippen LogP contribution in [0.5, 0.6) is 11.5 Å². The van der Waals surface area contributed by atoms with Gasteiger partial charge in [-0.25, -0.2) is 0 Å². The Morgan fingerprint density at radius 3 is 2.52 bits per heavy atom. The smallest absolute Gasteiger partial charge is 0.495 e. The third kappa shape index (κ3) is 7.21. The molecule has 2 N–H and O–H groups in total. The Morgan fingerprint density at radius 1 is 1.10 bits per heavy atom. The van der Waals surface area contributed by atoms with Gasteiger partial charge in [0.15, 0.2) is 0 Å². The highest BCUT2D eigenvalue weighted by Gasteiger charge is 2.31. The highest BCUT2D eigenvalue weighted by Crippen LogP contribution is 2.27. The quantitative estimate of drug-likeness (QED) is 0.686. The van der Waals surface area contributed by atoms with E-state index in [-0.39, 0.29) is 12.1 Å². The van der Waals surface area contributed by atoms with Crippen LogP contribution >= 0.6 is 0 Å². The molecule has 0 saturated carbocycles. The summed E-state index contributed by atoms with van der Waals surface area (Å²) in [5.41, 5.74) is 1.43. The Morgan fingerprint density at radius 2 is 1.83 bits per heavy atom. The van der Waals surface area contributed by atoms with Gasteiger partial charge in [-0.15, -0.1) is 13.2 Å². The Hall–Kier alpha value is -3.49. The Balaban J connectivity index is 1.94. The first-order chi connectivity index (χ1) is 13.7. The number of para-hydroxylation sites is 1. The van der Waals surface area contributed by atoms with Crippen molar-refractivity contribution in [2.75, 3.05) is 19.0 Å². The molecule has 0 aromatic heterocycles. The summed E-state index contributed by atoms with van der Waals surface area (Å²) >= 11 is 0. The Bertz CT molecular complexity index is 911. The molecule has 2 aromatic rings. The second-order valence-electron chi connectivity index (χ2n) is 5.89. The topological polar surface area (TPSA) is 76.7 Å². The first-order valence-corrected chi connectivity index (χ1v) is 8.43. The molecule has 2 amide bonds. The molecule has 0 bridgehead atoms. The summed E-state index contributed by atoms with van der Waals surface area (Å²) in [6.07, 6.45) is -2.67. The van der Waals surface area contributed by atoms with Crippen LogP contribution in [-0.2, 0) is 9.59 Å². The average molecular weight is 408 g/mol. The van der Waals surface area contributed by atoms with E-state index in [0.29, 0.717) is 11.4 Å². The van der Waals surface area contributed by atoms with E-state index >= 15 is 0 Å². The van der Waals surface area contributed by atoms with Crippen molar-refractivity contribution in [3.05, 3.63) is 59.7 Å². The van der Waals surface area contributed by atoms with Gasteiger partial charge in [-0.05, 0) is 36.8 Å². The molecule has 0 atom stereocenters. The number of nitrogens with one attached hydrogen (secondary N) is 2. The van der Waals surface area contributed by atoms with Gasteiger partial charge < -0.3 is 20.1 Å². The standard InChI is InChI=1S/C20H19F3N2O4/c1-13-7-9-17(28-2)15(11-13)25-19(27)12-24-18(26)10-8-14-5-3-4-6-16(14)29-20(21,22)23/h3-11H,12H2,1-2H3,(H,24,26)(H,25,27)/b10-8+. The van der Waals surface area contributed by atoms with Crippen molar-refractivity contribution in [1.82, 2.24) is 5.32 Å². The van der Waals surface area contributed by atoms with Crippen molar-refractivity contribution in [2.45, 2.75) is 13.3 Å². The molecular weight excluding hydrogens is 389 g/mol. The summed E-state index contributed by atoms with van der Waals surface area (Å²) in [5, 5.41) is 4.97. The minimum Gasteiger partial charge on any atom is -0.495 e. The number of ether oxygens (including phenoxy) is 2. The SMILES string of the molecule is COc1ccc(C)cc1NC(=O)CNC(=O)/C=C/c1ccccc1OC(F)(F)F. The molecule has 0 unspecified atom stereocenters. The number of hydrogen-bond donors (Lipinski definition) is 2. The minimum atomic E-state index is -4.85. The van der Waals surface area contributed by atoms with E-state index in [4.69, 9.17) is 4.74 Å². The van der Waals surface area contributed by atoms with Crippen LogP contribution in [0.15, 0.2) is 48.5 Å². The molecule has 154 valence electrons. The first kappa shape index (κ1) is 21.8. The van der Waals surface area contributed by atoms with Gasteiger partial charge in [0.25, 0.3) is 0 Å². The van der Waals surface area contributed by atoms with Crippen LogP contribution in [-0.4, -0.2) is 31.8 Å². The maximum Gasteiger partial charge on any atom is 0.573 e. The minimum absolute atomic E-state index is 0.0638. The normalized spacial score (nSPS) is 11.2. The molecule has 0 radical (unpaired) electrons. The Labute approximate surface area is 165 Å². The van der Waals surface area contributed by atoms with Gasteiger partial charge in [0.1, 0.15) is 11.5 Å².